The SMILES string of the molecule is Cn1ccnc1CN1CCC2(CCN(Cc3nccs3)CC2)CC1.O=C(O)C(F)(F)F.O=C(O)C(F)(F)F. The second-order valence-corrected chi connectivity index (χ2v) is 10.0. The van der Waals surface area contributed by atoms with Crippen molar-refractivity contribution in [2.24, 2.45) is 12.5 Å². The average Bonchev–Trinajstić information content (AvgIpc) is 3.48. The Balaban J connectivity index is 0.000000301. The minimum absolute atomic E-state index is 0.595. The van der Waals surface area contributed by atoms with Gasteiger partial charge in [-0.15, -0.1) is 11.3 Å². The third-order valence-corrected chi connectivity index (χ3v) is 7.21. The van der Waals surface area contributed by atoms with E-state index in [2.05, 4.69) is 36.8 Å². The molecular formula is C22H29F6N5O4S. The molecule has 0 saturated carbocycles. The number of thiazole rings is 1. The Kier molecular flexibility index (Phi) is 11.1. The number of hydrogen-bond acceptors (Lipinski definition) is 7. The van der Waals surface area contributed by atoms with Gasteiger partial charge >= 0.3 is 24.3 Å². The Morgan fingerprint density at radius 1 is 0.868 bits per heavy atom. The van der Waals surface area contributed by atoms with Crippen molar-refractivity contribution in [3.8, 4) is 0 Å². The number of carbonyl (C=O) groups is 2. The summed E-state index contributed by atoms with van der Waals surface area (Å²) in [5, 5.41) is 17.6. The number of alkyl halides is 6. The molecule has 1 spiro atoms. The summed E-state index contributed by atoms with van der Waals surface area (Å²) in [7, 11) is 2.09. The Labute approximate surface area is 218 Å². The molecule has 0 aromatic carbocycles. The molecule has 2 aliphatic rings. The lowest BCUT2D eigenvalue weighted by Gasteiger charge is -2.46. The van der Waals surface area contributed by atoms with Crippen LogP contribution < -0.4 is 0 Å². The maximum atomic E-state index is 10.6. The van der Waals surface area contributed by atoms with Crippen LogP contribution in [-0.4, -0.2) is 85.0 Å². The highest BCUT2D eigenvalue weighted by Crippen LogP contribution is 2.41. The number of nitrogens with zero attached hydrogens (tertiary/aromatic N) is 5. The van der Waals surface area contributed by atoms with Crippen molar-refractivity contribution >= 4 is 23.3 Å². The first-order valence-electron chi connectivity index (χ1n) is 11.5. The molecule has 2 aliphatic heterocycles. The number of halogens is 6. The molecule has 0 unspecified atom stereocenters. The maximum Gasteiger partial charge on any atom is 0.490 e. The number of likely N-dealkylation sites (tertiary alicyclic amines) is 2. The van der Waals surface area contributed by atoms with E-state index in [9.17, 15) is 26.3 Å². The Hall–Kier alpha value is -2.72. The fourth-order valence-electron chi connectivity index (χ4n) is 4.14. The first kappa shape index (κ1) is 31.5. The van der Waals surface area contributed by atoms with E-state index in [0.29, 0.717) is 5.41 Å². The van der Waals surface area contributed by atoms with Crippen molar-refractivity contribution in [1.82, 2.24) is 24.3 Å². The third-order valence-electron chi connectivity index (χ3n) is 6.45. The number of hydrogen-bond donors (Lipinski definition) is 2. The van der Waals surface area contributed by atoms with E-state index < -0.39 is 24.3 Å². The highest BCUT2D eigenvalue weighted by atomic mass is 32.1. The van der Waals surface area contributed by atoms with Gasteiger partial charge in [-0.1, -0.05) is 0 Å². The van der Waals surface area contributed by atoms with E-state index in [0.717, 1.165) is 13.1 Å². The van der Waals surface area contributed by atoms with Crippen LogP contribution in [0, 0.1) is 5.41 Å². The van der Waals surface area contributed by atoms with Crippen molar-refractivity contribution in [3.63, 3.8) is 0 Å². The number of aliphatic carboxylic acids is 2. The summed E-state index contributed by atoms with van der Waals surface area (Å²) >= 11 is 1.78. The molecule has 0 amide bonds. The fraction of sp³-hybridized carbons (Fsp3) is 0.636. The molecule has 0 atom stereocenters. The summed E-state index contributed by atoms with van der Waals surface area (Å²) in [6.07, 6.45) is 1.11. The van der Waals surface area contributed by atoms with Crippen LogP contribution >= 0.6 is 11.3 Å². The Morgan fingerprint density at radius 2 is 1.32 bits per heavy atom. The minimum Gasteiger partial charge on any atom is -0.475 e. The molecule has 9 nitrogen and oxygen atoms in total. The van der Waals surface area contributed by atoms with Crippen LogP contribution in [0.5, 0.6) is 0 Å². The van der Waals surface area contributed by atoms with E-state index in [1.807, 2.05) is 18.6 Å². The van der Waals surface area contributed by atoms with Crippen molar-refractivity contribution in [1.29, 1.82) is 0 Å². The van der Waals surface area contributed by atoms with E-state index in [-0.39, 0.29) is 0 Å². The number of aromatic nitrogens is 3. The Morgan fingerprint density at radius 3 is 1.66 bits per heavy atom. The minimum atomic E-state index is -5.08. The molecule has 214 valence electrons. The van der Waals surface area contributed by atoms with Crippen molar-refractivity contribution in [3.05, 3.63) is 34.8 Å². The molecule has 0 aliphatic carbocycles. The van der Waals surface area contributed by atoms with Gasteiger partial charge in [0.15, 0.2) is 0 Å². The van der Waals surface area contributed by atoms with Crippen LogP contribution in [0.1, 0.15) is 36.5 Å². The van der Waals surface area contributed by atoms with Gasteiger partial charge in [0.25, 0.3) is 0 Å². The predicted octanol–water partition coefficient (Wildman–Crippen LogP) is 4.02. The quantitative estimate of drug-likeness (QED) is 0.528. The largest absolute Gasteiger partial charge is 0.490 e. The topological polar surface area (TPSA) is 112 Å². The molecule has 0 bridgehead atoms. The van der Waals surface area contributed by atoms with Crippen LogP contribution in [0.15, 0.2) is 24.0 Å². The number of piperidine rings is 2. The van der Waals surface area contributed by atoms with Gasteiger partial charge in [0.1, 0.15) is 10.8 Å². The second-order valence-electron chi connectivity index (χ2n) is 9.04. The highest BCUT2D eigenvalue weighted by Gasteiger charge is 2.39. The van der Waals surface area contributed by atoms with E-state index in [1.54, 1.807) is 11.3 Å². The lowest BCUT2D eigenvalue weighted by Crippen LogP contribution is -2.46. The zero-order valence-electron chi connectivity index (χ0n) is 20.5. The first-order chi connectivity index (χ1) is 17.6. The number of carboxylic acid groups (broad SMARTS) is 2. The zero-order valence-corrected chi connectivity index (χ0v) is 21.3. The number of imidazole rings is 1. The van der Waals surface area contributed by atoms with Crippen LogP contribution in [0.2, 0.25) is 0 Å². The second kappa shape index (κ2) is 13.4. The summed E-state index contributed by atoms with van der Waals surface area (Å²) in [4.78, 5) is 31.9. The molecule has 2 fully saturated rings. The average molecular weight is 574 g/mol. The molecular weight excluding hydrogens is 544 g/mol. The lowest BCUT2D eigenvalue weighted by atomic mass is 9.71. The molecule has 0 radical (unpaired) electrons. The number of aryl methyl sites for hydroxylation is 1. The summed E-state index contributed by atoms with van der Waals surface area (Å²) in [5.74, 6) is -4.33. The molecule has 2 N–H and O–H groups in total. The van der Waals surface area contributed by atoms with Gasteiger partial charge in [0.05, 0.1) is 13.1 Å². The summed E-state index contributed by atoms with van der Waals surface area (Å²) < 4.78 is 65.6. The molecule has 2 aromatic rings. The smallest absolute Gasteiger partial charge is 0.475 e. The van der Waals surface area contributed by atoms with Gasteiger partial charge in [-0.05, 0) is 57.3 Å². The molecule has 2 saturated heterocycles. The van der Waals surface area contributed by atoms with Gasteiger partial charge in [-0.25, -0.2) is 19.6 Å². The predicted molar refractivity (Wildman–Crippen MR) is 124 cm³/mol. The van der Waals surface area contributed by atoms with Crippen LogP contribution in [0.25, 0.3) is 0 Å². The first-order valence-corrected chi connectivity index (χ1v) is 12.4. The van der Waals surface area contributed by atoms with Gasteiger partial charge < -0.3 is 14.8 Å². The van der Waals surface area contributed by atoms with E-state index in [4.69, 9.17) is 19.8 Å². The molecule has 2 aromatic heterocycles. The van der Waals surface area contributed by atoms with Crippen molar-refractivity contribution < 1.29 is 46.1 Å². The highest BCUT2D eigenvalue weighted by molar-refractivity contribution is 7.09. The summed E-state index contributed by atoms with van der Waals surface area (Å²) in [6.45, 7) is 6.95. The molecule has 38 heavy (non-hydrogen) atoms. The normalized spacial score (nSPS) is 18.2. The maximum absolute atomic E-state index is 10.6. The van der Waals surface area contributed by atoms with E-state index in [1.165, 1.54) is 62.7 Å². The lowest BCUT2D eigenvalue weighted by molar-refractivity contribution is -0.193. The molecule has 4 heterocycles. The summed E-state index contributed by atoms with van der Waals surface area (Å²) in [6, 6.07) is 0. The fourth-order valence-corrected chi connectivity index (χ4v) is 4.80. The number of carboxylic acids is 2. The van der Waals surface area contributed by atoms with E-state index >= 15 is 0 Å². The van der Waals surface area contributed by atoms with Crippen LogP contribution in [0.4, 0.5) is 26.3 Å². The summed E-state index contributed by atoms with van der Waals surface area (Å²) in [5.41, 5.74) is 0.595. The van der Waals surface area contributed by atoms with Gasteiger partial charge in [-0.2, -0.15) is 26.3 Å². The zero-order chi connectivity index (χ0) is 28.6. The number of rotatable bonds is 4. The standard InChI is InChI=1S/C18H27N5S.2C2HF3O2/c1-21-12-6-19-16(21)14-22-8-2-18(3-9-22)4-10-23(11-5-18)15-17-20-7-13-24-17;2*3-2(4,5)1(6)7/h6-7,12-13H,2-5,8-11,14-15H2,1H3;2*(H,6,7). The monoisotopic (exact) mass is 573 g/mol. The van der Waals surface area contributed by atoms with Crippen molar-refractivity contribution in [2.45, 2.75) is 51.1 Å². The van der Waals surface area contributed by atoms with Crippen LogP contribution in [0.3, 0.4) is 0 Å². The Bertz CT molecular complexity index is 986. The van der Waals surface area contributed by atoms with Crippen molar-refractivity contribution in [2.75, 3.05) is 26.2 Å². The van der Waals surface area contributed by atoms with Gasteiger partial charge in [0.2, 0.25) is 0 Å². The third kappa shape index (κ3) is 10.2. The molecule has 4 rings (SSSR count). The van der Waals surface area contributed by atoms with Gasteiger partial charge in [-0.3, -0.25) is 9.80 Å². The molecule has 16 heteroatoms. The van der Waals surface area contributed by atoms with Gasteiger partial charge in [0, 0.05) is 31.0 Å². The van der Waals surface area contributed by atoms with Crippen LogP contribution in [-0.2, 0) is 29.7 Å².